The Hall–Kier alpha value is -3.62. The maximum Gasteiger partial charge on any atom is 0.232 e. The lowest BCUT2D eigenvalue weighted by atomic mass is 9.96. The van der Waals surface area contributed by atoms with E-state index in [0.29, 0.717) is 29.5 Å². The van der Waals surface area contributed by atoms with E-state index in [-0.39, 0.29) is 18.2 Å². The van der Waals surface area contributed by atoms with Crippen LogP contribution in [0.2, 0.25) is 0 Å². The quantitative estimate of drug-likeness (QED) is 0.586. The van der Waals surface area contributed by atoms with Gasteiger partial charge in [-0.15, -0.1) is 0 Å². The van der Waals surface area contributed by atoms with E-state index in [1.807, 2.05) is 25.1 Å². The van der Waals surface area contributed by atoms with Gasteiger partial charge in [0.2, 0.25) is 5.91 Å². The van der Waals surface area contributed by atoms with Crippen LogP contribution in [0.5, 0.6) is 17.2 Å². The number of ether oxygens (including phenoxy) is 3. The van der Waals surface area contributed by atoms with Crippen LogP contribution in [0, 0.1) is 0 Å². The highest BCUT2D eigenvalue weighted by Crippen LogP contribution is 2.30. The second-order valence-corrected chi connectivity index (χ2v) is 6.09. The number of nitrogens with zero attached hydrogens (tertiary/aromatic N) is 4. The number of rotatable bonds is 9. The zero-order chi connectivity index (χ0) is 20.6. The van der Waals surface area contributed by atoms with Crippen molar-refractivity contribution in [1.82, 2.24) is 20.6 Å². The maximum atomic E-state index is 13.2. The van der Waals surface area contributed by atoms with Crippen molar-refractivity contribution in [1.29, 1.82) is 0 Å². The van der Waals surface area contributed by atoms with E-state index in [2.05, 4.69) is 25.9 Å². The van der Waals surface area contributed by atoms with Crippen LogP contribution in [0.4, 0.5) is 5.69 Å². The molecule has 0 saturated carbocycles. The molecule has 2 aromatic carbocycles. The SMILES string of the molecule is CCOc1ccccc1NC(=O)[C@H](Cc1cc(OC)ccc1OC)c1nnn[n-]1. The number of carbonyl (C=O) groups is 1. The lowest BCUT2D eigenvalue weighted by Gasteiger charge is -2.20. The highest BCUT2D eigenvalue weighted by molar-refractivity contribution is 5.96. The summed E-state index contributed by atoms with van der Waals surface area (Å²) in [5.74, 6) is 1.05. The summed E-state index contributed by atoms with van der Waals surface area (Å²) < 4.78 is 16.3. The lowest BCUT2D eigenvalue weighted by Crippen LogP contribution is -2.25. The van der Waals surface area contributed by atoms with Crippen molar-refractivity contribution in [3.05, 3.63) is 53.9 Å². The minimum atomic E-state index is -0.735. The van der Waals surface area contributed by atoms with Crippen LogP contribution < -0.4 is 24.6 Å². The minimum absolute atomic E-state index is 0.223. The Balaban J connectivity index is 1.90. The molecular formula is C20H22N5O4-. The second-order valence-electron chi connectivity index (χ2n) is 6.09. The van der Waals surface area contributed by atoms with Crippen molar-refractivity contribution in [3.8, 4) is 17.2 Å². The van der Waals surface area contributed by atoms with E-state index in [9.17, 15) is 4.79 Å². The third-order valence-electron chi connectivity index (χ3n) is 4.32. The molecule has 1 atom stereocenters. The lowest BCUT2D eigenvalue weighted by molar-refractivity contribution is -0.117. The Morgan fingerprint density at radius 3 is 2.66 bits per heavy atom. The number of aromatic nitrogens is 4. The smallest absolute Gasteiger partial charge is 0.232 e. The molecule has 3 rings (SSSR count). The molecule has 1 heterocycles. The van der Waals surface area contributed by atoms with Crippen LogP contribution in [0.3, 0.4) is 0 Å². The van der Waals surface area contributed by atoms with Crippen LogP contribution in [0.15, 0.2) is 42.5 Å². The largest absolute Gasteiger partial charge is 0.497 e. The molecule has 152 valence electrons. The molecule has 9 heteroatoms. The predicted octanol–water partition coefficient (Wildman–Crippen LogP) is 2.21. The van der Waals surface area contributed by atoms with Gasteiger partial charge in [0.1, 0.15) is 17.2 Å². The number of hydrogen-bond acceptors (Lipinski definition) is 7. The summed E-state index contributed by atoms with van der Waals surface area (Å²) in [4.78, 5) is 13.2. The van der Waals surface area contributed by atoms with Crippen molar-refractivity contribution >= 4 is 11.6 Å². The molecule has 0 aliphatic carbocycles. The summed E-state index contributed by atoms with van der Waals surface area (Å²) in [6.45, 7) is 2.36. The van der Waals surface area contributed by atoms with Crippen LogP contribution in [0.1, 0.15) is 24.2 Å². The van der Waals surface area contributed by atoms with Gasteiger partial charge >= 0.3 is 0 Å². The van der Waals surface area contributed by atoms with Gasteiger partial charge in [0, 0.05) is 5.82 Å². The topological polar surface area (TPSA) is 110 Å². The van der Waals surface area contributed by atoms with E-state index in [1.54, 1.807) is 38.5 Å². The number of amides is 1. The third kappa shape index (κ3) is 4.81. The molecule has 3 aromatic rings. The highest BCUT2D eigenvalue weighted by atomic mass is 16.5. The number of anilines is 1. The number of carbonyl (C=O) groups excluding carboxylic acids is 1. The summed E-state index contributed by atoms with van der Waals surface area (Å²) in [6, 6.07) is 12.6. The average Bonchev–Trinajstić information content (AvgIpc) is 3.27. The van der Waals surface area contributed by atoms with E-state index < -0.39 is 5.92 Å². The van der Waals surface area contributed by atoms with Crippen LogP contribution in [-0.2, 0) is 11.2 Å². The summed E-state index contributed by atoms with van der Waals surface area (Å²) in [5, 5.41) is 17.7. The zero-order valence-corrected chi connectivity index (χ0v) is 16.5. The summed E-state index contributed by atoms with van der Waals surface area (Å²) in [7, 11) is 3.15. The van der Waals surface area contributed by atoms with Gasteiger partial charge in [-0.25, -0.2) is 0 Å². The van der Waals surface area contributed by atoms with Gasteiger partial charge < -0.3 is 24.6 Å². The molecule has 1 amide bonds. The van der Waals surface area contributed by atoms with Gasteiger partial charge in [-0.1, -0.05) is 12.1 Å². The third-order valence-corrected chi connectivity index (χ3v) is 4.32. The van der Waals surface area contributed by atoms with E-state index >= 15 is 0 Å². The van der Waals surface area contributed by atoms with Crippen molar-refractivity contribution in [2.75, 3.05) is 26.1 Å². The number of nitrogens with one attached hydrogen (secondary N) is 1. The van der Waals surface area contributed by atoms with Crippen molar-refractivity contribution < 1.29 is 19.0 Å². The molecule has 1 aromatic heterocycles. The number of hydrogen-bond donors (Lipinski definition) is 1. The molecule has 0 aliphatic heterocycles. The Labute approximate surface area is 168 Å². The standard InChI is InChI=1S/C20H23N5O4/c1-4-29-18-8-6-5-7-16(18)21-20(26)15(19-22-24-25-23-19)12-13-11-14(27-2)9-10-17(13)28-3/h5-11,15H,4,12H2,1-3H3,(H2,21,22,23,24,25,26)/p-1/t15-/m1/s1. The first-order valence-corrected chi connectivity index (χ1v) is 9.08. The Morgan fingerprint density at radius 1 is 1.14 bits per heavy atom. The number of methoxy groups -OCH3 is 2. The fraction of sp³-hybridized carbons (Fsp3) is 0.300. The van der Waals surface area contributed by atoms with E-state index in [0.717, 1.165) is 5.56 Å². The van der Waals surface area contributed by atoms with E-state index in [1.165, 1.54) is 0 Å². The van der Waals surface area contributed by atoms with Crippen molar-refractivity contribution in [3.63, 3.8) is 0 Å². The first-order valence-electron chi connectivity index (χ1n) is 9.08. The molecule has 0 aliphatic rings. The molecule has 0 radical (unpaired) electrons. The Bertz CT molecular complexity index is 946. The van der Waals surface area contributed by atoms with E-state index in [4.69, 9.17) is 14.2 Å². The second kappa shape index (κ2) is 9.54. The maximum absolute atomic E-state index is 13.2. The number of para-hydroxylation sites is 2. The summed E-state index contributed by atoms with van der Waals surface area (Å²) >= 11 is 0. The first kappa shape index (κ1) is 20.1. The van der Waals surface area contributed by atoms with Gasteiger partial charge in [0.25, 0.3) is 0 Å². The Morgan fingerprint density at radius 2 is 1.97 bits per heavy atom. The molecule has 0 saturated heterocycles. The normalized spacial score (nSPS) is 11.6. The van der Waals surface area contributed by atoms with Crippen molar-refractivity contribution in [2.45, 2.75) is 19.3 Å². The zero-order valence-electron chi connectivity index (χ0n) is 16.5. The molecule has 29 heavy (non-hydrogen) atoms. The molecule has 0 spiro atoms. The van der Waals surface area contributed by atoms with Gasteiger partial charge in [-0.05, 0) is 49.2 Å². The Kier molecular flexibility index (Phi) is 6.62. The fourth-order valence-electron chi connectivity index (χ4n) is 2.92. The monoisotopic (exact) mass is 396 g/mol. The predicted molar refractivity (Wildman–Crippen MR) is 105 cm³/mol. The average molecular weight is 396 g/mol. The van der Waals surface area contributed by atoms with Crippen molar-refractivity contribution in [2.24, 2.45) is 0 Å². The molecule has 0 fully saturated rings. The van der Waals surface area contributed by atoms with Crippen LogP contribution in [0.25, 0.3) is 0 Å². The summed E-state index contributed by atoms with van der Waals surface area (Å²) in [5.41, 5.74) is 1.34. The molecule has 0 bridgehead atoms. The minimum Gasteiger partial charge on any atom is -0.497 e. The molecule has 1 N–H and O–H groups in total. The van der Waals surface area contributed by atoms with Gasteiger partial charge in [-0.2, -0.15) is 5.21 Å². The van der Waals surface area contributed by atoms with Crippen LogP contribution in [-0.4, -0.2) is 42.3 Å². The molecule has 9 nitrogen and oxygen atoms in total. The first-order chi connectivity index (χ1) is 14.2. The van der Waals surface area contributed by atoms with Gasteiger partial charge in [0.05, 0.1) is 32.4 Å². The summed E-state index contributed by atoms with van der Waals surface area (Å²) in [6.07, 6.45) is 0.274. The molecular weight excluding hydrogens is 374 g/mol. The molecule has 0 unspecified atom stereocenters. The fourth-order valence-corrected chi connectivity index (χ4v) is 2.92. The van der Waals surface area contributed by atoms with Gasteiger partial charge in [-0.3, -0.25) is 15.1 Å². The highest BCUT2D eigenvalue weighted by Gasteiger charge is 2.24. The number of tetrazole rings is 1. The van der Waals surface area contributed by atoms with Gasteiger partial charge in [0.15, 0.2) is 0 Å². The van der Waals surface area contributed by atoms with Crippen LogP contribution >= 0.6 is 0 Å². The number of benzene rings is 2.